The van der Waals surface area contributed by atoms with Crippen LogP contribution in [0, 0.1) is 5.82 Å². The molecule has 1 aliphatic rings. The van der Waals surface area contributed by atoms with E-state index in [4.69, 9.17) is 0 Å². The molecule has 2 rings (SSSR count). The van der Waals surface area contributed by atoms with Crippen molar-refractivity contribution < 1.29 is 9.18 Å². The second kappa shape index (κ2) is 6.02. The minimum atomic E-state index is -0.433. The van der Waals surface area contributed by atoms with Crippen LogP contribution >= 0.6 is 0 Å². The van der Waals surface area contributed by atoms with Gasteiger partial charge in [0.2, 0.25) is 0 Å². The van der Waals surface area contributed by atoms with Gasteiger partial charge in [-0.2, -0.15) is 0 Å². The summed E-state index contributed by atoms with van der Waals surface area (Å²) >= 11 is 0. The van der Waals surface area contributed by atoms with Gasteiger partial charge in [0.1, 0.15) is 5.82 Å². The van der Waals surface area contributed by atoms with Gasteiger partial charge < -0.3 is 5.32 Å². The third-order valence-corrected chi connectivity index (χ3v) is 3.55. The maximum absolute atomic E-state index is 13.4. The van der Waals surface area contributed by atoms with Gasteiger partial charge in [-0.3, -0.25) is 5.43 Å². The number of nitrogens with zero attached hydrogens (tertiary/aromatic N) is 1. The molecule has 4 nitrogen and oxygen atoms in total. The van der Waals surface area contributed by atoms with E-state index in [1.165, 1.54) is 18.6 Å². The Kier molecular flexibility index (Phi) is 4.37. The van der Waals surface area contributed by atoms with Crippen molar-refractivity contribution in [3.63, 3.8) is 0 Å². The van der Waals surface area contributed by atoms with Crippen molar-refractivity contribution in [2.45, 2.75) is 45.2 Å². The van der Waals surface area contributed by atoms with E-state index in [9.17, 15) is 9.18 Å². The Morgan fingerprint density at radius 3 is 2.53 bits per heavy atom. The number of benzene rings is 1. The van der Waals surface area contributed by atoms with Gasteiger partial charge in [0.25, 0.3) is 0 Å². The molecule has 5 heteroatoms. The highest BCUT2D eigenvalue weighted by atomic mass is 19.1. The fourth-order valence-electron chi connectivity index (χ4n) is 2.47. The summed E-state index contributed by atoms with van der Waals surface area (Å²) in [6.45, 7) is 4.16. The molecule has 1 fully saturated rings. The van der Waals surface area contributed by atoms with Gasteiger partial charge in [-0.05, 0) is 38.8 Å². The Labute approximate surface area is 113 Å². The Morgan fingerprint density at radius 2 is 1.89 bits per heavy atom. The maximum atomic E-state index is 13.4. The Balaban J connectivity index is 1.96. The number of amides is 2. The number of piperidine rings is 1. The summed E-state index contributed by atoms with van der Waals surface area (Å²) in [4.78, 5) is 11.9. The Morgan fingerprint density at radius 1 is 1.26 bits per heavy atom. The molecule has 2 atom stereocenters. The quantitative estimate of drug-likeness (QED) is 0.863. The number of halogens is 1. The highest BCUT2D eigenvalue weighted by Gasteiger charge is 2.26. The largest absolute Gasteiger partial charge is 0.333 e. The highest BCUT2D eigenvalue weighted by molar-refractivity contribution is 5.89. The average Bonchev–Trinajstić information content (AvgIpc) is 2.37. The summed E-state index contributed by atoms with van der Waals surface area (Å²) in [5, 5.41) is 4.48. The lowest BCUT2D eigenvalue weighted by Gasteiger charge is -2.38. The molecule has 2 N–H and O–H groups in total. The fourth-order valence-corrected chi connectivity index (χ4v) is 2.47. The smallest absolute Gasteiger partial charge is 0.304 e. The number of anilines is 1. The number of carbonyl (C=O) groups is 1. The minimum absolute atomic E-state index is 0.192. The van der Waals surface area contributed by atoms with Crippen LogP contribution in [0.1, 0.15) is 33.1 Å². The number of para-hydroxylation sites is 1. The van der Waals surface area contributed by atoms with Gasteiger partial charge in [-0.25, -0.2) is 14.2 Å². The van der Waals surface area contributed by atoms with E-state index in [1.54, 1.807) is 12.1 Å². The molecule has 1 aliphatic heterocycles. The van der Waals surface area contributed by atoms with Gasteiger partial charge in [-0.1, -0.05) is 18.6 Å². The van der Waals surface area contributed by atoms with Crippen LogP contribution in [0.5, 0.6) is 0 Å². The van der Waals surface area contributed by atoms with Crippen molar-refractivity contribution in [1.82, 2.24) is 10.4 Å². The van der Waals surface area contributed by atoms with E-state index in [0.29, 0.717) is 12.1 Å². The standard InChI is InChI=1S/C14H20FN3O/c1-10-6-5-7-11(2)18(10)17-14(19)16-13-9-4-3-8-12(13)15/h3-4,8-11H,5-7H2,1-2H3,(H2,16,17,19)/t10-,11-/m0/s1. The lowest BCUT2D eigenvalue weighted by atomic mass is 10.00. The zero-order chi connectivity index (χ0) is 13.8. The Bertz CT molecular complexity index is 442. The number of hydrogen-bond acceptors (Lipinski definition) is 2. The first-order valence-electron chi connectivity index (χ1n) is 6.68. The fraction of sp³-hybridized carbons (Fsp3) is 0.500. The van der Waals surface area contributed by atoms with Crippen LogP contribution in [0.2, 0.25) is 0 Å². The number of hydrazine groups is 1. The van der Waals surface area contributed by atoms with Crippen molar-refractivity contribution in [3.05, 3.63) is 30.1 Å². The van der Waals surface area contributed by atoms with Crippen molar-refractivity contribution in [2.24, 2.45) is 0 Å². The molecule has 0 unspecified atom stereocenters. The number of nitrogens with one attached hydrogen (secondary N) is 2. The molecule has 0 radical (unpaired) electrons. The Hall–Kier alpha value is -1.62. The van der Waals surface area contributed by atoms with Crippen LogP contribution in [0.25, 0.3) is 0 Å². The van der Waals surface area contributed by atoms with Crippen LogP contribution < -0.4 is 10.7 Å². The molecule has 0 bridgehead atoms. The predicted octanol–water partition coefficient (Wildman–Crippen LogP) is 3.13. The van der Waals surface area contributed by atoms with Crippen LogP contribution in [0.15, 0.2) is 24.3 Å². The van der Waals surface area contributed by atoms with E-state index < -0.39 is 11.8 Å². The molecule has 1 aromatic carbocycles. The van der Waals surface area contributed by atoms with Crippen LogP contribution in [-0.4, -0.2) is 23.1 Å². The van der Waals surface area contributed by atoms with Crippen molar-refractivity contribution in [2.75, 3.05) is 5.32 Å². The summed E-state index contributed by atoms with van der Waals surface area (Å²) in [5.74, 6) is -0.433. The van der Waals surface area contributed by atoms with Crippen molar-refractivity contribution in [1.29, 1.82) is 0 Å². The summed E-state index contributed by atoms with van der Waals surface area (Å²) in [7, 11) is 0. The molecule has 0 aliphatic carbocycles. The third-order valence-electron chi connectivity index (χ3n) is 3.55. The van der Waals surface area contributed by atoms with E-state index in [1.807, 2.05) is 5.01 Å². The number of carbonyl (C=O) groups excluding carboxylic acids is 1. The molecule has 1 aromatic rings. The van der Waals surface area contributed by atoms with Crippen LogP contribution in [0.4, 0.5) is 14.9 Å². The summed E-state index contributed by atoms with van der Waals surface area (Å²) in [5.41, 5.74) is 3.00. The third kappa shape index (κ3) is 3.44. The summed E-state index contributed by atoms with van der Waals surface area (Å²) in [6.07, 6.45) is 3.30. The lowest BCUT2D eigenvalue weighted by molar-refractivity contribution is 0.0625. The minimum Gasteiger partial charge on any atom is -0.304 e. The number of rotatable bonds is 2. The van der Waals surface area contributed by atoms with Crippen LogP contribution in [0.3, 0.4) is 0 Å². The van der Waals surface area contributed by atoms with E-state index in [-0.39, 0.29) is 5.69 Å². The summed E-state index contributed by atoms with van der Waals surface area (Å²) in [6, 6.07) is 6.34. The average molecular weight is 265 g/mol. The molecular weight excluding hydrogens is 245 g/mol. The normalized spacial score (nSPS) is 23.9. The van der Waals surface area contributed by atoms with Gasteiger partial charge >= 0.3 is 6.03 Å². The molecule has 104 valence electrons. The van der Waals surface area contributed by atoms with Gasteiger partial charge in [-0.15, -0.1) is 0 Å². The maximum Gasteiger partial charge on any atom is 0.333 e. The SMILES string of the molecule is C[C@H]1CCC[C@H](C)N1NC(=O)Nc1ccccc1F. The molecule has 2 amide bonds. The monoisotopic (exact) mass is 265 g/mol. The lowest BCUT2D eigenvalue weighted by Crippen LogP contribution is -2.55. The van der Waals surface area contributed by atoms with E-state index in [2.05, 4.69) is 24.6 Å². The van der Waals surface area contributed by atoms with Gasteiger partial charge in [0.15, 0.2) is 0 Å². The molecule has 0 spiro atoms. The molecular formula is C14H20FN3O. The summed E-state index contributed by atoms with van der Waals surface area (Å²) < 4.78 is 13.4. The first kappa shape index (κ1) is 13.8. The van der Waals surface area contributed by atoms with Gasteiger partial charge in [0.05, 0.1) is 5.69 Å². The first-order chi connectivity index (χ1) is 9.08. The van der Waals surface area contributed by atoms with Crippen molar-refractivity contribution >= 4 is 11.7 Å². The molecule has 1 heterocycles. The van der Waals surface area contributed by atoms with E-state index >= 15 is 0 Å². The second-order valence-corrected chi connectivity index (χ2v) is 5.08. The zero-order valence-electron chi connectivity index (χ0n) is 11.3. The van der Waals surface area contributed by atoms with Crippen molar-refractivity contribution in [3.8, 4) is 0 Å². The van der Waals surface area contributed by atoms with E-state index in [0.717, 1.165) is 12.8 Å². The molecule has 1 saturated heterocycles. The molecule has 0 aromatic heterocycles. The molecule has 19 heavy (non-hydrogen) atoms. The molecule has 0 saturated carbocycles. The topological polar surface area (TPSA) is 44.4 Å². The number of urea groups is 1. The zero-order valence-corrected chi connectivity index (χ0v) is 11.3. The van der Waals surface area contributed by atoms with Gasteiger partial charge in [0, 0.05) is 12.1 Å². The highest BCUT2D eigenvalue weighted by Crippen LogP contribution is 2.20. The second-order valence-electron chi connectivity index (χ2n) is 5.08. The first-order valence-corrected chi connectivity index (χ1v) is 6.68. The predicted molar refractivity (Wildman–Crippen MR) is 73.2 cm³/mol. The van der Waals surface area contributed by atoms with Crippen LogP contribution in [-0.2, 0) is 0 Å². The number of hydrogen-bond donors (Lipinski definition) is 2.